The van der Waals surface area contributed by atoms with E-state index in [0.29, 0.717) is 28.3 Å². The van der Waals surface area contributed by atoms with Gasteiger partial charge in [-0.3, -0.25) is 4.79 Å². The Hall–Kier alpha value is -3.09. The van der Waals surface area contributed by atoms with Crippen LogP contribution in [0.2, 0.25) is 0 Å². The molecule has 0 aromatic heterocycles. The van der Waals surface area contributed by atoms with Gasteiger partial charge >= 0.3 is 0 Å². The summed E-state index contributed by atoms with van der Waals surface area (Å²) in [4.78, 5) is 16.7. The van der Waals surface area contributed by atoms with Crippen LogP contribution in [0.25, 0.3) is 0 Å². The highest BCUT2D eigenvalue weighted by Crippen LogP contribution is 2.29. The summed E-state index contributed by atoms with van der Waals surface area (Å²) in [6.45, 7) is 1.34. The number of ether oxygens (including phenoxy) is 2. The van der Waals surface area contributed by atoms with Gasteiger partial charge in [0.05, 0.1) is 20.4 Å². The van der Waals surface area contributed by atoms with Crippen LogP contribution in [0.15, 0.2) is 41.6 Å². The molecule has 0 aliphatic rings. The number of nitrogens with one attached hydrogen (secondary N) is 1. The van der Waals surface area contributed by atoms with Gasteiger partial charge in [0.2, 0.25) is 0 Å². The average Bonchev–Trinajstić information content (AvgIpc) is 2.61. The third kappa shape index (κ3) is 4.94. The van der Waals surface area contributed by atoms with Gasteiger partial charge in [-0.2, -0.15) is 0 Å². The van der Waals surface area contributed by atoms with Crippen molar-refractivity contribution in [1.82, 2.24) is 0 Å². The van der Waals surface area contributed by atoms with Gasteiger partial charge in [0.1, 0.15) is 5.82 Å². The van der Waals surface area contributed by atoms with Gasteiger partial charge in [0, 0.05) is 11.3 Å². The molecule has 0 heterocycles. The fraction of sp³-hybridized carbons (Fsp3) is 0.222. The topological polar surface area (TPSA) is 69.2 Å². The van der Waals surface area contributed by atoms with Crippen LogP contribution in [0.1, 0.15) is 11.1 Å². The summed E-state index contributed by atoms with van der Waals surface area (Å²) in [5.41, 5.74) is 1.50. The minimum atomic E-state index is -0.446. The van der Waals surface area contributed by atoms with Gasteiger partial charge < -0.3 is 19.6 Å². The second-order valence-electron chi connectivity index (χ2n) is 5.10. The highest BCUT2D eigenvalue weighted by molar-refractivity contribution is 5.91. The van der Waals surface area contributed by atoms with Gasteiger partial charge in [-0.05, 0) is 36.8 Å². The summed E-state index contributed by atoms with van der Waals surface area (Å²) in [5, 5.41) is 6.27. The van der Waals surface area contributed by atoms with Gasteiger partial charge in [-0.15, -0.1) is 0 Å². The van der Waals surface area contributed by atoms with Gasteiger partial charge in [-0.1, -0.05) is 17.3 Å². The molecule has 0 saturated heterocycles. The number of benzene rings is 2. The molecule has 0 atom stereocenters. The van der Waals surface area contributed by atoms with Crippen molar-refractivity contribution in [2.45, 2.75) is 6.92 Å². The SMILES string of the molecule is COc1cccc(/C=N\OCC(=O)Nc2ccc(C)c(F)c2)c1OC. The first-order valence-corrected chi connectivity index (χ1v) is 7.47. The number of methoxy groups -OCH3 is 2. The summed E-state index contributed by atoms with van der Waals surface area (Å²) in [6, 6.07) is 9.74. The fourth-order valence-electron chi connectivity index (χ4n) is 2.07. The Bertz CT molecular complexity index is 778. The number of anilines is 1. The molecule has 0 spiro atoms. The number of hydrogen-bond donors (Lipinski definition) is 1. The smallest absolute Gasteiger partial charge is 0.265 e. The largest absolute Gasteiger partial charge is 0.493 e. The zero-order chi connectivity index (χ0) is 18.2. The minimum absolute atomic E-state index is 0.307. The molecule has 0 aliphatic carbocycles. The minimum Gasteiger partial charge on any atom is -0.493 e. The van der Waals surface area contributed by atoms with Crippen LogP contribution in [0.5, 0.6) is 11.5 Å². The number of hydrogen-bond acceptors (Lipinski definition) is 5. The molecular formula is C18H19FN2O4. The van der Waals surface area contributed by atoms with Gasteiger partial charge in [0.15, 0.2) is 18.1 Å². The maximum atomic E-state index is 13.4. The molecule has 0 fully saturated rings. The van der Waals surface area contributed by atoms with Crippen LogP contribution < -0.4 is 14.8 Å². The number of nitrogens with zero attached hydrogens (tertiary/aromatic N) is 1. The van der Waals surface area contributed by atoms with E-state index in [1.807, 2.05) is 0 Å². The van der Waals surface area contributed by atoms with Crippen molar-refractivity contribution in [2.75, 3.05) is 26.1 Å². The summed E-state index contributed by atoms with van der Waals surface area (Å²) >= 11 is 0. The number of oxime groups is 1. The monoisotopic (exact) mass is 346 g/mol. The Morgan fingerprint density at radius 2 is 2.04 bits per heavy atom. The Labute approximate surface area is 145 Å². The van der Waals surface area contributed by atoms with E-state index in [1.165, 1.54) is 26.5 Å². The number of aryl methyl sites for hydroxylation is 1. The first-order valence-electron chi connectivity index (χ1n) is 7.47. The van der Waals surface area contributed by atoms with Crippen molar-refractivity contribution >= 4 is 17.8 Å². The number of halogens is 1. The maximum absolute atomic E-state index is 13.4. The van der Waals surface area contributed by atoms with Crippen LogP contribution in [0.3, 0.4) is 0 Å². The standard InChI is InChI=1S/C18H19FN2O4/c1-12-7-8-14(9-15(12)19)21-17(22)11-25-20-10-13-5-4-6-16(23-2)18(13)24-3/h4-10H,11H2,1-3H3,(H,21,22)/b20-10-. The molecule has 0 aliphatic heterocycles. The van der Waals surface area contributed by atoms with Crippen LogP contribution in [-0.2, 0) is 9.63 Å². The number of para-hydroxylation sites is 1. The molecule has 0 radical (unpaired) electrons. The molecule has 7 heteroatoms. The highest BCUT2D eigenvalue weighted by Gasteiger charge is 2.08. The van der Waals surface area contributed by atoms with Crippen LogP contribution in [-0.4, -0.2) is 32.9 Å². The number of carbonyl (C=O) groups is 1. The maximum Gasteiger partial charge on any atom is 0.265 e. The third-order valence-corrected chi connectivity index (χ3v) is 3.35. The Morgan fingerprint density at radius 3 is 2.72 bits per heavy atom. The number of amides is 1. The van der Waals surface area contributed by atoms with Crippen LogP contribution >= 0.6 is 0 Å². The van der Waals surface area contributed by atoms with Crippen molar-refractivity contribution in [3.05, 3.63) is 53.3 Å². The first kappa shape index (κ1) is 18.3. The normalized spacial score (nSPS) is 10.6. The van der Waals surface area contributed by atoms with E-state index in [9.17, 15) is 9.18 Å². The second kappa shape index (κ2) is 8.68. The molecule has 132 valence electrons. The number of carbonyl (C=O) groups excluding carboxylic acids is 1. The van der Waals surface area contributed by atoms with E-state index >= 15 is 0 Å². The van der Waals surface area contributed by atoms with Gasteiger partial charge in [0.25, 0.3) is 5.91 Å². The Balaban J connectivity index is 1.90. The lowest BCUT2D eigenvalue weighted by atomic mass is 10.2. The third-order valence-electron chi connectivity index (χ3n) is 3.35. The Kier molecular flexibility index (Phi) is 6.33. The van der Waals surface area contributed by atoms with E-state index in [2.05, 4.69) is 10.5 Å². The lowest BCUT2D eigenvalue weighted by molar-refractivity contribution is -0.120. The zero-order valence-electron chi connectivity index (χ0n) is 14.2. The van der Waals surface area contributed by atoms with Crippen LogP contribution in [0, 0.1) is 12.7 Å². The fourth-order valence-corrected chi connectivity index (χ4v) is 2.07. The van der Waals surface area contributed by atoms with Gasteiger partial charge in [-0.25, -0.2) is 4.39 Å². The molecule has 2 aromatic rings. The molecule has 25 heavy (non-hydrogen) atoms. The summed E-state index contributed by atoms with van der Waals surface area (Å²) in [7, 11) is 3.05. The molecule has 1 amide bonds. The molecule has 0 bridgehead atoms. The molecule has 2 aromatic carbocycles. The van der Waals surface area contributed by atoms with E-state index in [4.69, 9.17) is 14.3 Å². The summed E-state index contributed by atoms with van der Waals surface area (Å²) < 4.78 is 23.9. The van der Waals surface area contributed by atoms with Crippen molar-refractivity contribution in [1.29, 1.82) is 0 Å². The predicted molar refractivity (Wildman–Crippen MR) is 92.9 cm³/mol. The van der Waals surface area contributed by atoms with Crippen molar-refractivity contribution in [3.8, 4) is 11.5 Å². The predicted octanol–water partition coefficient (Wildman–Crippen LogP) is 3.14. The molecular weight excluding hydrogens is 327 g/mol. The summed E-state index contributed by atoms with van der Waals surface area (Å²) in [6.07, 6.45) is 1.42. The lowest BCUT2D eigenvalue weighted by Gasteiger charge is -2.09. The van der Waals surface area contributed by atoms with E-state index in [0.717, 1.165) is 0 Å². The van der Waals surface area contributed by atoms with E-state index < -0.39 is 5.91 Å². The number of rotatable bonds is 7. The molecule has 0 saturated carbocycles. The molecule has 2 rings (SSSR count). The van der Waals surface area contributed by atoms with Crippen molar-refractivity contribution in [3.63, 3.8) is 0 Å². The first-order chi connectivity index (χ1) is 12.0. The van der Waals surface area contributed by atoms with Crippen molar-refractivity contribution in [2.24, 2.45) is 5.16 Å². The van der Waals surface area contributed by atoms with Crippen LogP contribution in [0.4, 0.5) is 10.1 Å². The molecule has 6 nitrogen and oxygen atoms in total. The quantitative estimate of drug-likeness (QED) is 0.618. The van der Waals surface area contributed by atoms with Crippen molar-refractivity contribution < 1.29 is 23.5 Å². The lowest BCUT2D eigenvalue weighted by Crippen LogP contribution is -2.17. The molecule has 1 N–H and O–H groups in total. The van der Waals surface area contributed by atoms with E-state index in [-0.39, 0.29) is 12.4 Å². The second-order valence-corrected chi connectivity index (χ2v) is 5.10. The zero-order valence-corrected chi connectivity index (χ0v) is 14.2. The molecule has 0 unspecified atom stereocenters. The average molecular weight is 346 g/mol. The highest BCUT2D eigenvalue weighted by atomic mass is 19.1. The van der Waals surface area contributed by atoms with E-state index in [1.54, 1.807) is 37.3 Å². The Morgan fingerprint density at radius 1 is 1.24 bits per heavy atom. The summed E-state index contributed by atoms with van der Waals surface area (Å²) in [5.74, 6) is 0.238.